The van der Waals surface area contributed by atoms with Crippen LogP contribution in [0.1, 0.15) is 28.4 Å². The minimum absolute atomic E-state index is 0.145. The van der Waals surface area contributed by atoms with Gasteiger partial charge in [0.05, 0.1) is 0 Å². The summed E-state index contributed by atoms with van der Waals surface area (Å²) in [5.74, 6) is 0.145. The molecule has 25 heavy (non-hydrogen) atoms. The Bertz CT molecular complexity index is 767. The van der Waals surface area contributed by atoms with Crippen molar-refractivity contribution >= 4 is 11.5 Å². The van der Waals surface area contributed by atoms with Gasteiger partial charge >= 0.3 is 0 Å². The first kappa shape index (κ1) is 17.5. The molecule has 0 N–H and O–H groups in total. The molecule has 0 radical (unpaired) electrons. The molecule has 4 heteroatoms. The van der Waals surface area contributed by atoms with Crippen LogP contribution in [0.3, 0.4) is 0 Å². The smallest absolute Gasteiger partial charge is 0.254 e. The molecule has 0 unspecified atom stereocenters. The zero-order valence-electron chi connectivity index (χ0n) is 15.7. The Kier molecular flexibility index (Phi) is 4.82. The number of nitrogens with zero attached hydrogens (tertiary/aromatic N) is 3. The number of aryl methyl sites for hydroxylation is 1. The van der Waals surface area contributed by atoms with Crippen LogP contribution >= 0.6 is 0 Å². The monoisotopic (exact) mass is 337 g/mol. The lowest BCUT2D eigenvalue weighted by atomic mass is 9.96. The van der Waals surface area contributed by atoms with Gasteiger partial charge in [-0.1, -0.05) is 18.7 Å². The average molecular weight is 337 g/mol. The van der Waals surface area contributed by atoms with Crippen molar-refractivity contribution in [3.05, 3.63) is 65.0 Å². The third kappa shape index (κ3) is 3.54. The maximum Gasteiger partial charge on any atom is 0.254 e. The summed E-state index contributed by atoms with van der Waals surface area (Å²) in [7, 11) is 4.11. The van der Waals surface area contributed by atoms with Crippen molar-refractivity contribution in [2.75, 3.05) is 40.3 Å². The van der Waals surface area contributed by atoms with E-state index >= 15 is 0 Å². The molecule has 3 rings (SSSR count). The molecule has 1 fully saturated rings. The van der Waals surface area contributed by atoms with Gasteiger partial charge in [0.1, 0.15) is 0 Å². The molecule has 0 atom stereocenters. The molecular weight excluding hydrogens is 310 g/mol. The first-order valence-corrected chi connectivity index (χ1v) is 8.78. The van der Waals surface area contributed by atoms with Crippen LogP contribution in [-0.4, -0.2) is 60.9 Å². The summed E-state index contributed by atoms with van der Waals surface area (Å²) in [6, 6.07) is 6.13. The molecule has 2 aliphatic heterocycles. The van der Waals surface area contributed by atoms with Crippen LogP contribution in [0.5, 0.6) is 0 Å². The average Bonchev–Trinajstić information content (AvgIpc) is 2.59. The number of hydrogen-bond acceptors (Lipinski definition) is 3. The summed E-state index contributed by atoms with van der Waals surface area (Å²) in [4.78, 5) is 19.1. The van der Waals surface area contributed by atoms with Crippen molar-refractivity contribution in [2.45, 2.75) is 13.8 Å². The number of allylic oxidation sites excluding steroid dienone is 3. The molecule has 2 aliphatic rings. The number of amides is 1. The van der Waals surface area contributed by atoms with E-state index < -0.39 is 0 Å². The van der Waals surface area contributed by atoms with Gasteiger partial charge in [0, 0.05) is 50.7 Å². The summed E-state index contributed by atoms with van der Waals surface area (Å²) >= 11 is 0. The third-order valence-electron chi connectivity index (χ3n) is 5.17. The number of hydrogen-bond donors (Lipinski definition) is 0. The number of carbonyl (C=O) groups excluding carboxylic acids is 1. The van der Waals surface area contributed by atoms with E-state index in [-0.39, 0.29) is 5.91 Å². The highest BCUT2D eigenvalue weighted by molar-refractivity contribution is 5.96. The van der Waals surface area contributed by atoms with Gasteiger partial charge in [0.15, 0.2) is 0 Å². The topological polar surface area (TPSA) is 26.8 Å². The quantitative estimate of drug-likeness (QED) is 0.829. The van der Waals surface area contributed by atoms with Crippen LogP contribution in [0.25, 0.3) is 5.57 Å². The summed E-state index contributed by atoms with van der Waals surface area (Å²) in [5, 5.41) is 0. The Balaban J connectivity index is 1.83. The van der Waals surface area contributed by atoms with Gasteiger partial charge in [-0.15, -0.1) is 0 Å². The largest absolute Gasteiger partial charge is 0.351 e. The zero-order chi connectivity index (χ0) is 18.1. The summed E-state index contributed by atoms with van der Waals surface area (Å²) in [6.45, 7) is 11.7. The number of piperazine rings is 1. The maximum absolute atomic E-state index is 12.8. The van der Waals surface area contributed by atoms with E-state index in [9.17, 15) is 4.79 Å². The SMILES string of the molecule is C=C1C(C)=CC(c2ccc(C(=O)N3CCN(C)CC3)c(C)c2)=CN1C. The molecular formula is C21H27N3O. The highest BCUT2D eigenvalue weighted by Crippen LogP contribution is 2.28. The number of rotatable bonds is 2. The third-order valence-corrected chi connectivity index (χ3v) is 5.17. The van der Waals surface area contributed by atoms with E-state index in [1.807, 2.05) is 35.9 Å². The lowest BCUT2D eigenvalue weighted by Crippen LogP contribution is -2.47. The summed E-state index contributed by atoms with van der Waals surface area (Å²) in [5.41, 5.74) is 6.29. The highest BCUT2D eigenvalue weighted by Gasteiger charge is 2.22. The molecule has 132 valence electrons. The van der Waals surface area contributed by atoms with E-state index in [1.54, 1.807) is 0 Å². The van der Waals surface area contributed by atoms with Crippen LogP contribution in [0, 0.1) is 6.92 Å². The van der Waals surface area contributed by atoms with Crippen molar-refractivity contribution in [3.63, 3.8) is 0 Å². The van der Waals surface area contributed by atoms with Crippen LogP contribution in [0.4, 0.5) is 0 Å². The molecule has 1 amide bonds. The van der Waals surface area contributed by atoms with E-state index in [1.165, 1.54) is 0 Å². The van der Waals surface area contributed by atoms with E-state index in [4.69, 9.17) is 0 Å². The predicted octanol–water partition coefficient (Wildman–Crippen LogP) is 3.13. The van der Waals surface area contributed by atoms with E-state index in [2.05, 4.69) is 43.8 Å². The van der Waals surface area contributed by atoms with Gasteiger partial charge in [-0.3, -0.25) is 4.79 Å². The molecule has 0 saturated carbocycles. The molecule has 4 nitrogen and oxygen atoms in total. The fraction of sp³-hybridized carbons (Fsp3) is 0.381. The van der Waals surface area contributed by atoms with E-state index in [0.29, 0.717) is 0 Å². The van der Waals surface area contributed by atoms with Crippen LogP contribution < -0.4 is 0 Å². The van der Waals surface area contributed by atoms with Crippen molar-refractivity contribution in [3.8, 4) is 0 Å². The standard InChI is InChI=1S/C21H27N3O/c1-15-12-19(14-23(5)17(15)3)18-6-7-20(16(2)13-18)21(25)24-10-8-22(4)9-11-24/h6-7,12-14H,3,8-11H2,1-2,4-5H3. The summed E-state index contributed by atoms with van der Waals surface area (Å²) < 4.78 is 0. The zero-order valence-corrected chi connectivity index (χ0v) is 15.7. The Morgan fingerprint density at radius 3 is 2.36 bits per heavy atom. The molecule has 0 spiro atoms. The molecule has 1 saturated heterocycles. The van der Waals surface area contributed by atoms with Crippen molar-refractivity contribution in [2.24, 2.45) is 0 Å². The lowest BCUT2D eigenvalue weighted by molar-refractivity contribution is 0.0663. The van der Waals surface area contributed by atoms with Gasteiger partial charge in [-0.25, -0.2) is 0 Å². The fourth-order valence-electron chi connectivity index (χ4n) is 3.34. The second-order valence-corrected chi connectivity index (χ2v) is 7.09. The Morgan fingerprint density at radius 1 is 1.08 bits per heavy atom. The van der Waals surface area contributed by atoms with Gasteiger partial charge < -0.3 is 14.7 Å². The second-order valence-electron chi connectivity index (χ2n) is 7.09. The maximum atomic E-state index is 12.8. The Morgan fingerprint density at radius 2 is 1.76 bits per heavy atom. The van der Waals surface area contributed by atoms with Crippen molar-refractivity contribution in [1.82, 2.24) is 14.7 Å². The first-order chi connectivity index (χ1) is 11.9. The molecule has 1 aromatic rings. The lowest BCUT2D eigenvalue weighted by Gasteiger charge is -2.32. The Hall–Kier alpha value is -2.33. The fourth-order valence-corrected chi connectivity index (χ4v) is 3.34. The number of benzene rings is 1. The predicted molar refractivity (Wildman–Crippen MR) is 103 cm³/mol. The Labute approximate surface area is 150 Å². The summed E-state index contributed by atoms with van der Waals surface area (Å²) in [6.07, 6.45) is 4.24. The molecule has 0 bridgehead atoms. The van der Waals surface area contributed by atoms with Crippen molar-refractivity contribution < 1.29 is 4.79 Å². The van der Waals surface area contributed by atoms with E-state index in [0.717, 1.165) is 59.7 Å². The van der Waals surface area contributed by atoms with Gasteiger partial charge in [-0.05, 0) is 55.3 Å². The molecule has 1 aromatic carbocycles. The van der Waals surface area contributed by atoms with Gasteiger partial charge in [0.2, 0.25) is 0 Å². The number of likely N-dealkylation sites (N-methyl/N-ethyl adjacent to an activating group) is 2. The normalized spacial score (nSPS) is 19.0. The molecule has 0 aromatic heterocycles. The first-order valence-electron chi connectivity index (χ1n) is 8.78. The second kappa shape index (κ2) is 6.89. The van der Waals surface area contributed by atoms with Gasteiger partial charge in [0.25, 0.3) is 5.91 Å². The van der Waals surface area contributed by atoms with Crippen LogP contribution in [0.15, 0.2) is 48.3 Å². The van der Waals surface area contributed by atoms with Gasteiger partial charge in [-0.2, -0.15) is 0 Å². The minimum atomic E-state index is 0.145. The van der Waals surface area contributed by atoms with Crippen molar-refractivity contribution in [1.29, 1.82) is 0 Å². The molecule has 2 heterocycles. The van der Waals surface area contributed by atoms with Crippen LogP contribution in [-0.2, 0) is 0 Å². The number of carbonyl (C=O) groups is 1. The minimum Gasteiger partial charge on any atom is -0.351 e. The van der Waals surface area contributed by atoms with Crippen LogP contribution in [0.2, 0.25) is 0 Å². The molecule has 0 aliphatic carbocycles. The highest BCUT2D eigenvalue weighted by atomic mass is 16.2.